The van der Waals surface area contributed by atoms with E-state index in [9.17, 15) is 0 Å². The standard InChI is InChI=1S/C2H7GeN.2ClH/c1-4(2)3;;/h3H,1-2H3;2*1H/q+2;;/p-2. The van der Waals surface area contributed by atoms with Gasteiger partial charge in [0.05, 0.1) is 0 Å². The van der Waals surface area contributed by atoms with Crippen molar-refractivity contribution in [3.63, 3.8) is 0 Å². The van der Waals surface area contributed by atoms with Crippen molar-refractivity contribution in [2.45, 2.75) is 0 Å². The van der Waals surface area contributed by atoms with E-state index in [2.05, 4.69) is 3.86 Å². The van der Waals surface area contributed by atoms with Crippen LogP contribution in [-0.2, 0) is 0 Å². The predicted octanol–water partition coefficient (Wildman–Crippen LogP) is -6.63. The number of rotatable bonds is 0. The second-order valence-electron chi connectivity index (χ2n) is 0.964. The summed E-state index contributed by atoms with van der Waals surface area (Å²) < 4.78 is 2.06. The van der Waals surface area contributed by atoms with Gasteiger partial charge in [0.1, 0.15) is 0 Å². The first-order valence-corrected chi connectivity index (χ1v) is 2.24. The maximum absolute atomic E-state index is 2.06. The molecule has 6 heavy (non-hydrogen) atoms. The van der Waals surface area contributed by atoms with Gasteiger partial charge in [0.15, 0.2) is 0 Å². The minimum Gasteiger partial charge on any atom is -1.00 e. The van der Waals surface area contributed by atoms with Crippen LogP contribution in [0.3, 0.4) is 0 Å². The molecule has 0 atom stereocenters. The Balaban J connectivity index is -0.0000000450. The van der Waals surface area contributed by atoms with Gasteiger partial charge in [-0.2, -0.15) is 0 Å². The Labute approximate surface area is 59.7 Å². The third kappa shape index (κ3) is 72.3. The van der Waals surface area contributed by atoms with E-state index in [-0.39, 0.29) is 24.8 Å². The first-order chi connectivity index (χ1) is 1.73. The van der Waals surface area contributed by atoms with E-state index in [1.807, 2.05) is 14.1 Å². The second-order valence-corrected chi connectivity index (χ2v) is 3.13. The van der Waals surface area contributed by atoms with Crippen LogP contribution in [0.4, 0.5) is 0 Å². The molecule has 0 N–H and O–H groups in total. The van der Waals surface area contributed by atoms with Crippen LogP contribution in [0, 0.1) is 0 Å². The van der Waals surface area contributed by atoms with E-state index in [1.165, 1.54) is 0 Å². The largest absolute Gasteiger partial charge is 1.00 e. The molecule has 0 rings (SSSR count). The average molecular weight is 189 g/mol. The SMILES string of the molecule is C[N](C)[GeH+2].[Cl-].[Cl-]. The molecule has 0 amide bonds. The Bertz CT molecular complexity index is 16.3. The summed E-state index contributed by atoms with van der Waals surface area (Å²) in [4.78, 5) is 0. The number of halogens is 2. The van der Waals surface area contributed by atoms with Gasteiger partial charge in [-0.15, -0.1) is 0 Å². The summed E-state index contributed by atoms with van der Waals surface area (Å²) in [5.41, 5.74) is 0. The minimum absolute atomic E-state index is 0. The normalized spacial score (nSPS) is 5.67. The molecule has 0 aliphatic heterocycles. The molecule has 0 heterocycles. The Morgan fingerprint density at radius 3 is 1.17 bits per heavy atom. The maximum atomic E-state index is 2.06. The fourth-order valence-corrected chi connectivity index (χ4v) is 0. The Kier molecular flexibility index (Phi) is 24.7. The summed E-state index contributed by atoms with van der Waals surface area (Å²) in [5.74, 6) is 0. The molecule has 0 aliphatic carbocycles. The van der Waals surface area contributed by atoms with Gasteiger partial charge in [-0.25, -0.2) is 0 Å². The maximum Gasteiger partial charge on any atom is -1.00 e. The van der Waals surface area contributed by atoms with Crippen molar-refractivity contribution in [1.82, 2.24) is 3.86 Å². The minimum atomic E-state index is 0. The zero-order chi connectivity index (χ0) is 3.58. The van der Waals surface area contributed by atoms with Crippen LogP contribution >= 0.6 is 0 Å². The molecule has 0 bridgehead atoms. The first-order valence-electron chi connectivity index (χ1n) is 1.15. The predicted molar refractivity (Wildman–Crippen MR) is 20.8 cm³/mol. The van der Waals surface area contributed by atoms with E-state index in [0.29, 0.717) is 0 Å². The molecule has 0 fully saturated rings. The topological polar surface area (TPSA) is 3.24 Å². The molecule has 38 valence electrons. The smallest absolute Gasteiger partial charge is 1.00 e. The van der Waals surface area contributed by atoms with Crippen molar-refractivity contribution in [1.29, 1.82) is 0 Å². The number of hydrogen-bond acceptors (Lipinski definition) is 1. The Morgan fingerprint density at radius 2 is 1.17 bits per heavy atom. The number of nitrogens with zero attached hydrogens (tertiary/aromatic N) is 1. The van der Waals surface area contributed by atoms with E-state index in [4.69, 9.17) is 0 Å². The van der Waals surface area contributed by atoms with Crippen molar-refractivity contribution in [2.75, 3.05) is 14.1 Å². The van der Waals surface area contributed by atoms with Crippen LogP contribution in [0.25, 0.3) is 0 Å². The van der Waals surface area contributed by atoms with Crippen molar-refractivity contribution < 1.29 is 24.8 Å². The molecule has 0 saturated heterocycles. The molecule has 0 aromatic heterocycles. The van der Waals surface area contributed by atoms with Crippen molar-refractivity contribution in [2.24, 2.45) is 0 Å². The third-order valence-corrected chi connectivity index (χ3v) is 0. The van der Waals surface area contributed by atoms with Crippen molar-refractivity contribution >= 4 is 16.7 Å². The van der Waals surface area contributed by atoms with Gasteiger partial charge < -0.3 is 24.8 Å². The Morgan fingerprint density at radius 1 is 1.17 bits per heavy atom. The van der Waals surface area contributed by atoms with Gasteiger partial charge in [0.2, 0.25) is 0 Å². The molecule has 0 aromatic rings. The molecule has 4 heteroatoms. The van der Waals surface area contributed by atoms with Crippen LogP contribution in [0.2, 0.25) is 0 Å². The molecule has 0 aliphatic rings. The van der Waals surface area contributed by atoms with Crippen LogP contribution < -0.4 is 24.8 Å². The zero-order valence-corrected chi connectivity index (χ0v) is 7.72. The molecule has 0 radical (unpaired) electrons. The van der Waals surface area contributed by atoms with Gasteiger partial charge in [-0.05, 0) is 0 Å². The zero-order valence-electron chi connectivity index (χ0n) is 3.78. The molecule has 1 nitrogen and oxygen atoms in total. The van der Waals surface area contributed by atoms with Crippen LogP contribution in [0.15, 0.2) is 0 Å². The summed E-state index contributed by atoms with van der Waals surface area (Å²) >= 11 is 1.63. The van der Waals surface area contributed by atoms with Gasteiger partial charge in [0.25, 0.3) is 0 Å². The van der Waals surface area contributed by atoms with E-state index in [0.717, 1.165) is 0 Å². The van der Waals surface area contributed by atoms with E-state index < -0.39 is 0 Å². The fraction of sp³-hybridized carbons (Fsp3) is 1.00. The van der Waals surface area contributed by atoms with Crippen molar-refractivity contribution in [3.05, 3.63) is 0 Å². The molecule has 0 aromatic carbocycles. The Hall–Kier alpha value is 1.08. The number of hydrogen-bond donors (Lipinski definition) is 0. The van der Waals surface area contributed by atoms with E-state index in [1.54, 1.807) is 16.7 Å². The first kappa shape index (κ1) is 15.7. The fourth-order valence-electron chi connectivity index (χ4n) is 0. The van der Waals surface area contributed by atoms with E-state index >= 15 is 0 Å². The molecular formula is C2H7Cl2GeN. The monoisotopic (exact) mass is 189 g/mol. The second kappa shape index (κ2) is 9.43. The van der Waals surface area contributed by atoms with Gasteiger partial charge in [-0.3, -0.25) is 0 Å². The van der Waals surface area contributed by atoms with Gasteiger partial charge >= 0.3 is 34.7 Å². The molecule has 0 saturated carbocycles. The molecular weight excluding hydrogens is 182 g/mol. The van der Waals surface area contributed by atoms with Gasteiger partial charge in [-0.1, -0.05) is 0 Å². The quantitative estimate of drug-likeness (QED) is 0.342. The van der Waals surface area contributed by atoms with Crippen LogP contribution in [0.1, 0.15) is 0 Å². The third-order valence-electron chi connectivity index (χ3n) is 0. The molecule has 0 unspecified atom stereocenters. The summed E-state index contributed by atoms with van der Waals surface area (Å²) in [6.45, 7) is 0. The molecule has 0 spiro atoms. The summed E-state index contributed by atoms with van der Waals surface area (Å²) in [6, 6.07) is 0. The van der Waals surface area contributed by atoms with Crippen LogP contribution in [-0.4, -0.2) is 34.7 Å². The van der Waals surface area contributed by atoms with Crippen molar-refractivity contribution in [3.8, 4) is 0 Å². The van der Waals surface area contributed by atoms with Crippen LogP contribution in [0.5, 0.6) is 0 Å². The van der Waals surface area contributed by atoms with Gasteiger partial charge in [0, 0.05) is 0 Å². The summed E-state index contributed by atoms with van der Waals surface area (Å²) in [6.07, 6.45) is 0. The summed E-state index contributed by atoms with van der Waals surface area (Å²) in [5, 5.41) is 0. The summed E-state index contributed by atoms with van der Waals surface area (Å²) in [7, 11) is 4.06. The average Bonchev–Trinajstić information content (AvgIpc) is 0.811.